The van der Waals surface area contributed by atoms with Gasteiger partial charge in [0.05, 0.1) is 25.4 Å². The first-order valence-electron chi connectivity index (χ1n) is 26.6. The lowest BCUT2D eigenvalue weighted by Gasteiger charge is -2.41. The maximum absolute atomic E-state index is 13.2. The first-order valence-corrected chi connectivity index (χ1v) is 28.0. The van der Waals surface area contributed by atoms with Crippen LogP contribution in [0.15, 0.2) is 48.6 Å². The molecule has 14 heteroatoms. The van der Waals surface area contributed by atoms with E-state index in [9.17, 15) is 43.3 Å². The summed E-state index contributed by atoms with van der Waals surface area (Å²) in [7, 11) is -5.13. The second-order valence-electron chi connectivity index (χ2n) is 18.6. The average Bonchev–Trinajstić information content (AvgIpc) is 3.30. The lowest BCUT2D eigenvalue weighted by molar-refractivity contribution is -0.298. The quantitative estimate of drug-likeness (QED) is 0.0173. The van der Waals surface area contributed by atoms with Crippen LogP contribution in [0.5, 0.6) is 0 Å². The van der Waals surface area contributed by atoms with Crippen molar-refractivity contribution in [1.82, 2.24) is 5.32 Å². The van der Waals surface area contributed by atoms with Crippen molar-refractivity contribution in [3.8, 4) is 0 Å². The maximum Gasteiger partial charge on any atom is 0.397 e. The number of hydrogen-bond acceptors (Lipinski definition) is 11. The minimum absolute atomic E-state index is 0.226. The molecular formula is C53H97NO12S. The Bertz CT molecular complexity index is 1390. The topological polar surface area (TPSA) is 212 Å². The van der Waals surface area contributed by atoms with Crippen molar-refractivity contribution in [2.75, 3.05) is 13.2 Å². The summed E-state index contributed by atoms with van der Waals surface area (Å²) < 4.78 is 47.6. The van der Waals surface area contributed by atoms with Crippen LogP contribution < -0.4 is 5.32 Å². The van der Waals surface area contributed by atoms with Crippen LogP contribution in [0.1, 0.15) is 219 Å². The predicted octanol–water partition coefficient (Wildman–Crippen LogP) is 10.6. The number of allylic oxidation sites excluding steroid dienone is 7. The fourth-order valence-electron chi connectivity index (χ4n) is 8.19. The molecule has 0 aromatic rings. The lowest BCUT2D eigenvalue weighted by Crippen LogP contribution is -2.61. The Morgan fingerprint density at radius 2 is 1.00 bits per heavy atom. The molecule has 8 unspecified atom stereocenters. The second-order valence-corrected chi connectivity index (χ2v) is 19.6. The van der Waals surface area contributed by atoms with Gasteiger partial charge < -0.3 is 40.3 Å². The predicted molar refractivity (Wildman–Crippen MR) is 270 cm³/mol. The number of nitrogens with one attached hydrogen (secondary N) is 1. The standard InChI is InChI=1S/C53H97NO12S/c1-3-5-7-9-11-13-15-17-19-21-23-24-26-27-29-31-33-35-37-39-41-46(56)45(44-64-53-50(59)51(66-67(61,62)63)49(58)48(43-55)65-53)54-52(60)47(57)42-40-38-36-34-32-30-28-25-22-20-18-16-14-12-10-8-6-4-2/h22,24-26,31,33,39,41,45-51,53,55-59H,3-21,23,27-30,32,34-38,40,42-44H2,1-2H3,(H,54,60)(H,61,62,63)/b25-22-,26-24+,33-31+,41-39+. The normalized spacial score (nSPS) is 20.7. The first kappa shape index (κ1) is 63.0. The third-order valence-corrected chi connectivity index (χ3v) is 12.9. The smallest absolute Gasteiger partial charge is 0.394 e. The van der Waals surface area contributed by atoms with Gasteiger partial charge in [-0.05, 0) is 70.6 Å². The van der Waals surface area contributed by atoms with E-state index in [2.05, 4.69) is 59.8 Å². The highest BCUT2D eigenvalue weighted by Gasteiger charge is 2.48. The van der Waals surface area contributed by atoms with Crippen LogP contribution >= 0.6 is 0 Å². The molecule has 0 aliphatic carbocycles. The molecule has 1 rings (SSSR count). The molecule has 1 fully saturated rings. The molecule has 7 N–H and O–H groups in total. The van der Waals surface area contributed by atoms with Crippen LogP contribution in [0.2, 0.25) is 0 Å². The van der Waals surface area contributed by atoms with Crippen LogP contribution in [0, 0.1) is 0 Å². The van der Waals surface area contributed by atoms with Crippen LogP contribution in [-0.4, -0.2) is 107 Å². The summed E-state index contributed by atoms with van der Waals surface area (Å²) in [6.45, 7) is 3.21. The van der Waals surface area contributed by atoms with Crippen molar-refractivity contribution in [3.05, 3.63) is 48.6 Å². The summed E-state index contributed by atoms with van der Waals surface area (Å²) in [5.41, 5.74) is 0. The Balaban J connectivity index is 2.55. The number of unbranched alkanes of at least 4 members (excludes halogenated alkanes) is 26. The summed E-state index contributed by atoms with van der Waals surface area (Å²) in [4.78, 5) is 13.2. The number of ether oxygens (including phenoxy) is 2. The summed E-state index contributed by atoms with van der Waals surface area (Å²) in [6, 6.07) is -1.15. The van der Waals surface area contributed by atoms with E-state index in [1.54, 1.807) is 6.08 Å². The molecule has 1 amide bonds. The van der Waals surface area contributed by atoms with Gasteiger partial charge in [0, 0.05) is 0 Å². The van der Waals surface area contributed by atoms with Crippen LogP contribution in [-0.2, 0) is 28.9 Å². The number of amides is 1. The highest BCUT2D eigenvalue weighted by Crippen LogP contribution is 2.26. The Hall–Kier alpha value is -1.98. The van der Waals surface area contributed by atoms with E-state index >= 15 is 0 Å². The molecule has 1 heterocycles. The monoisotopic (exact) mass is 972 g/mol. The van der Waals surface area contributed by atoms with Gasteiger partial charge in [0.1, 0.15) is 30.5 Å². The molecule has 0 bridgehead atoms. The summed E-state index contributed by atoms with van der Waals surface area (Å²) >= 11 is 0. The van der Waals surface area contributed by atoms with Gasteiger partial charge >= 0.3 is 10.4 Å². The minimum Gasteiger partial charge on any atom is -0.394 e. The van der Waals surface area contributed by atoms with E-state index in [0.29, 0.717) is 12.8 Å². The van der Waals surface area contributed by atoms with E-state index in [4.69, 9.17) is 9.47 Å². The van der Waals surface area contributed by atoms with Gasteiger partial charge in [-0.2, -0.15) is 8.42 Å². The molecule has 0 radical (unpaired) electrons. The molecule has 0 spiro atoms. The minimum atomic E-state index is -5.13. The SMILES string of the molecule is CCCCCCCCCC/C=C\CCCCCCCCC(O)C(=O)NC(COC1OC(CO)C(O)C(OS(=O)(=O)O)C1O)C(O)/C=C/CC/C=C/CC/C=C/CCCCCCCCCCCC. The Morgan fingerprint density at radius 3 is 1.43 bits per heavy atom. The van der Waals surface area contributed by atoms with Crippen LogP contribution in [0.25, 0.3) is 0 Å². The molecule has 1 aliphatic heterocycles. The van der Waals surface area contributed by atoms with E-state index in [1.807, 2.05) is 0 Å². The summed E-state index contributed by atoms with van der Waals surface area (Å²) in [5.74, 6) is -0.721. The molecule has 392 valence electrons. The number of hydrogen-bond donors (Lipinski definition) is 7. The number of aliphatic hydroxyl groups is 5. The van der Waals surface area contributed by atoms with Gasteiger partial charge in [0.15, 0.2) is 6.29 Å². The van der Waals surface area contributed by atoms with Crippen molar-refractivity contribution in [2.45, 2.75) is 268 Å². The molecule has 13 nitrogen and oxygen atoms in total. The lowest BCUT2D eigenvalue weighted by atomic mass is 9.99. The maximum atomic E-state index is 13.2. The fourth-order valence-corrected chi connectivity index (χ4v) is 8.70. The zero-order valence-corrected chi connectivity index (χ0v) is 42.6. The number of carbonyl (C=O) groups is 1. The highest BCUT2D eigenvalue weighted by atomic mass is 32.3. The zero-order valence-electron chi connectivity index (χ0n) is 41.8. The van der Waals surface area contributed by atoms with Gasteiger partial charge in [-0.1, -0.05) is 197 Å². The summed E-state index contributed by atoms with van der Waals surface area (Å²) in [5, 5.41) is 55.4. The third kappa shape index (κ3) is 34.9. The van der Waals surface area contributed by atoms with Crippen molar-refractivity contribution in [2.24, 2.45) is 0 Å². The van der Waals surface area contributed by atoms with Gasteiger partial charge in [-0.3, -0.25) is 9.35 Å². The number of rotatable bonds is 45. The van der Waals surface area contributed by atoms with E-state index in [0.717, 1.165) is 70.6 Å². The van der Waals surface area contributed by atoms with Crippen molar-refractivity contribution in [1.29, 1.82) is 0 Å². The largest absolute Gasteiger partial charge is 0.397 e. The van der Waals surface area contributed by atoms with Gasteiger partial charge in [0.2, 0.25) is 5.91 Å². The van der Waals surface area contributed by atoms with Gasteiger partial charge in [0.25, 0.3) is 0 Å². The van der Waals surface area contributed by atoms with Crippen molar-refractivity contribution >= 4 is 16.3 Å². The second kappa shape index (κ2) is 42.9. The van der Waals surface area contributed by atoms with E-state index < -0.39 is 78.5 Å². The highest BCUT2D eigenvalue weighted by molar-refractivity contribution is 7.80. The number of aliphatic hydroxyl groups excluding tert-OH is 5. The van der Waals surface area contributed by atoms with Crippen molar-refractivity contribution < 1.29 is 57.0 Å². The Kier molecular flexibility index (Phi) is 40.3. The third-order valence-electron chi connectivity index (χ3n) is 12.4. The zero-order chi connectivity index (χ0) is 49.2. The molecule has 1 aliphatic rings. The molecule has 67 heavy (non-hydrogen) atoms. The summed E-state index contributed by atoms with van der Waals surface area (Å²) in [6.07, 6.45) is 41.9. The van der Waals surface area contributed by atoms with Crippen LogP contribution in [0.4, 0.5) is 0 Å². The fraction of sp³-hybridized carbons (Fsp3) is 0.830. The molecule has 0 saturated carbocycles. The van der Waals surface area contributed by atoms with E-state index in [1.165, 1.54) is 122 Å². The van der Waals surface area contributed by atoms with Crippen LogP contribution in [0.3, 0.4) is 0 Å². The average molecular weight is 972 g/mol. The van der Waals surface area contributed by atoms with Gasteiger partial charge in [-0.25, -0.2) is 4.18 Å². The Morgan fingerprint density at radius 1 is 0.597 bits per heavy atom. The number of carbonyl (C=O) groups excluding carboxylic acids is 1. The first-order chi connectivity index (χ1) is 32.4. The Labute approximate surface area is 407 Å². The van der Waals surface area contributed by atoms with Gasteiger partial charge in [-0.15, -0.1) is 0 Å². The molecule has 0 aromatic carbocycles. The molecule has 1 saturated heterocycles. The molecule has 0 aromatic heterocycles. The molecular weight excluding hydrogens is 875 g/mol. The molecule has 8 atom stereocenters. The van der Waals surface area contributed by atoms with E-state index in [-0.39, 0.29) is 6.42 Å². The van der Waals surface area contributed by atoms with Crippen molar-refractivity contribution in [3.63, 3.8) is 0 Å².